The molecule has 0 aromatic heterocycles. The number of aliphatic carboxylic acids is 1. The fraction of sp³-hybridized carbons (Fsp3) is 0.800. The molecule has 1 fully saturated rings. The molecule has 1 rings (SSSR count). The van der Waals surface area contributed by atoms with Gasteiger partial charge in [0.15, 0.2) is 0 Å². The van der Waals surface area contributed by atoms with Crippen molar-refractivity contribution in [1.82, 2.24) is 10.2 Å². The first kappa shape index (κ1) is 12.0. The number of hydrogen-bond acceptors (Lipinski definition) is 3. The zero-order valence-electron chi connectivity index (χ0n) is 9.03. The summed E-state index contributed by atoms with van der Waals surface area (Å²) in [7, 11) is 0. The SMILES string of the molecule is CCN(CCC(=O)O)CC(=O)NC1CC1. The monoisotopic (exact) mass is 214 g/mol. The number of likely N-dealkylation sites (N-methyl/N-ethyl adjacent to an activating group) is 1. The van der Waals surface area contributed by atoms with Gasteiger partial charge < -0.3 is 10.4 Å². The third kappa shape index (κ3) is 5.37. The topological polar surface area (TPSA) is 69.6 Å². The van der Waals surface area contributed by atoms with E-state index in [4.69, 9.17) is 5.11 Å². The molecule has 5 heteroatoms. The molecule has 86 valence electrons. The Morgan fingerprint density at radius 3 is 2.60 bits per heavy atom. The lowest BCUT2D eigenvalue weighted by Crippen LogP contribution is -2.38. The number of carbonyl (C=O) groups is 2. The summed E-state index contributed by atoms with van der Waals surface area (Å²) < 4.78 is 0. The van der Waals surface area contributed by atoms with Crippen LogP contribution in [0, 0.1) is 0 Å². The van der Waals surface area contributed by atoms with Crippen LogP contribution in [0.3, 0.4) is 0 Å². The van der Waals surface area contributed by atoms with Crippen molar-refractivity contribution in [3.8, 4) is 0 Å². The summed E-state index contributed by atoms with van der Waals surface area (Å²) in [5.41, 5.74) is 0. The minimum absolute atomic E-state index is 0.00439. The highest BCUT2D eigenvalue weighted by molar-refractivity contribution is 5.78. The Morgan fingerprint density at radius 2 is 2.13 bits per heavy atom. The molecule has 0 unspecified atom stereocenters. The zero-order chi connectivity index (χ0) is 11.3. The second-order valence-electron chi connectivity index (χ2n) is 3.85. The van der Waals surface area contributed by atoms with Crippen molar-refractivity contribution >= 4 is 11.9 Å². The van der Waals surface area contributed by atoms with Crippen molar-refractivity contribution in [2.45, 2.75) is 32.2 Å². The van der Waals surface area contributed by atoms with Gasteiger partial charge in [-0.25, -0.2) is 0 Å². The molecule has 0 radical (unpaired) electrons. The fourth-order valence-electron chi connectivity index (χ4n) is 1.31. The quantitative estimate of drug-likeness (QED) is 0.629. The molecule has 15 heavy (non-hydrogen) atoms. The fourth-order valence-corrected chi connectivity index (χ4v) is 1.31. The van der Waals surface area contributed by atoms with E-state index >= 15 is 0 Å². The zero-order valence-corrected chi connectivity index (χ0v) is 9.03. The van der Waals surface area contributed by atoms with E-state index in [2.05, 4.69) is 5.32 Å². The van der Waals surface area contributed by atoms with Crippen LogP contribution in [0.2, 0.25) is 0 Å². The van der Waals surface area contributed by atoms with Crippen molar-refractivity contribution in [1.29, 1.82) is 0 Å². The third-order valence-electron chi connectivity index (χ3n) is 2.40. The number of hydrogen-bond donors (Lipinski definition) is 2. The van der Waals surface area contributed by atoms with E-state index in [0.29, 0.717) is 25.7 Å². The van der Waals surface area contributed by atoms with Crippen molar-refractivity contribution in [2.24, 2.45) is 0 Å². The maximum atomic E-state index is 11.4. The molecule has 1 aliphatic carbocycles. The molecule has 0 spiro atoms. The van der Waals surface area contributed by atoms with Crippen LogP contribution in [0.25, 0.3) is 0 Å². The highest BCUT2D eigenvalue weighted by Gasteiger charge is 2.23. The molecular weight excluding hydrogens is 196 g/mol. The first-order valence-electron chi connectivity index (χ1n) is 5.35. The van der Waals surface area contributed by atoms with E-state index < -0.39 is 5.97 Å². The Kier molecular flexibility index (Phi) is 4.55. The van der Waals surface area contributed by atoms with Crippen LogP contribution >= 0.6 is 0 Å². The first-order chi connectivity index (χ1) is 7.11. The third-order valence-corrected chi connectivity index (χ3v) is 2.40. The van der Waals surface area contributed by atoms with Crippen LogP contribution in [0.5, 0.6) is 0 Å². The first-order valence-corrected chi connectivity index (χ1v) is 5.35. The highest BCUT2D eigenvalue weighted by atomic mass is 16.4. The summed E-state index contributed by atoms with van der Waals surface area (Å²) in [5.74, 6) is -0.819. The second-order valence-corrected chi connectivity index (χ2v) is 3.85. The van der Waals surface area contributed by atoms with Gasteiger partial charge in [0.1, 0.15) is 0 Å². The Balaban J connectivity index is 2.18. The van der Waals surface area contributed by atoms with Crippen LogP contribution in [0.4, 0.5) is 0 Å². The van der Waals surface area contributed by atoms with Gasteiger partial charge in [0.25, 0.3) is 0 Å². The van der Waals surface area contributed by atoms with E-state index in [1.807, 2.05) is 11.8 Å². The molecule has 1 aliphatic rings. The Morgan fingerprint density at radius 1 is 1.47 bits per heavy atom. The summed E-state index contributed by atoms with van der Waals surface area (Å²) in [6.07, 6.45) is 2.24. The number of nitrogens with zero attached hydrogens (tertiary/aromatic N) is 1. The summed E-state index contributed by atoms with van der Waals surface area (Å²) in [6, 6.07) is 0.371. The van der Waals surface area contributed by atoms with Crippen molar-refractivity contribution in [2.75, 3.05) is 19.6 Å². The predicted octanol–water partition coefficient (Wildman–Crippen LogP) is 0.0616. The molecule has 1 amide bonds. The van der Waals surface area contributed by atoms with Crippen LogP contribution in [-0.4, -0.2) is 47.6 Å². The molecular formula is C10H18N2O3. The Hall–Kier alpha value is -1.10. The molecule has 0 bridgehead atoms. The van der Waals surface area contributed by atoms with E-state index in [0.717, 1.165) is 12.8 Å². The number of carbonyl (C=O) groups excluding carboxylic acids is 1. The summed E-state index contributed by atoms with van der Waals surface area (Å²) in [6.45, 7) is 3.36. The van der Waals surface area contributed by atoms with E-state index in [1.165, 1.54) is 0 Å². The van der Waals surface area contributed by atoms with Gasteiger partial charge in [-0.15, -0.1) is 0 Å². The number of rotatable bonds is 7. The average Bonchev–Trinajstić information content (AvgIpc) is 2.95. The van der Waals surface area contributed by atoms with Crippen molar-refractivity contribution in [3.63, 3.8) is 0 Å². The lowest BCUT2D eigenvalue weighted by Gasteiger charge is -2.18. The van der Waals surface area contributed by atoms with Crippen LogP contribution in [-0.2, 0) is 9.59 Å². The van der Waals surface area contributed by atoms with Gasteiger partial charge in [-0.2, -0.15) is 0 Å². The van der Waals surface area contributed by atoms with Gasteiger partial charge in [0.05, 0.1) is 13.0 Å². The molecule has 0 saturated heterocycles. The van der Waals surface area contributed by atoms with Gasteiger partial charge in [-0.05, 0) is 19.4 Å². The van der Waals surface area contributed by atoms with Gasteiger partial charge in [-0.3, -0.25) is 14.5 Å². The van der Waals surface area contributed by atoms with E-state index in [1.54, 1.807) is 0 Å². The Bertz CT molecular complexity index is 239. The van der Waals surface area contributed by atoms with Gasteiger partial charge in [0.2, 0.25) is 5.91 Å². The smallest absolute Gasteiger partial charge is 0.304 e. The lowest BCUT2D eigenvalue weighted by molar-refractivity contribution is -0.137. The molecule has 0 aromatic carbocycles. The molecule has 5 nitrogen and oxygen atoms in total. The lowest BCUT2D eigenvalue weighted by atomic mass is 10.3. The second kappa shape index (κ2) is 5.70. The number of carboxylic acids is 1. The highest BCUT2D eigenvalue weighted by Crippen LogP contribution is 2.18. The van der Waals surface area contributed by atoms with Crippen molar-refractivity contribution < 1.29 is 14.7 Å². The Labute approximate surface area is 89.4 Å². The number of nitrogens with one attached hydrogen (secondary N) is 1. The van der Waals surface area contributed by atoms with Gasteiger partial charge in [-0.1, -0.05) is 6.92 Å². The number of carboxylic acid groups (broad SMARTS) is 1. The molecule has 1 saturated carbocycles. The predicted molar refractivity (Wildman–Crippen MR) is 55.5 cm³/mol. The van der Waals surface area contributed by atoms with Crippen LogP contribution in [0.1, 0.15) is 26.2 Å². The average molecular weight is 214 g/mol. The largest absolute Gasteiger partial charge is 0.481 e. The summed E-state index contributed by atoms with van der Waals surface area (Å²) >= 11 is 0. The minimum Gasteiger partial charge on any atom is -0.481 e. The van der Waals surface area contributed by atoms with Gasteiger partial charge >= 0.3 is 5.97 Å². The van der Waals surface area contributed by atoms with E-state index in [-0.39, 0.29) is 12.3 Å². The summed E-state index contributed by atoms with van der Waals surface area (Å²) in [5, 5.41) is 11.4. The van der Waals surface area contributed by atoms with Crippen molar-refractivity contribution in [3.05, 3.63) is 0 Å². The van der Waals surface area contributed by atoms with Crippen LogP contribution in [0.15, 0.2) is 0 Å². The molecule has 0 aromatic rings. The maximum Gasteiger partial charge on any atom is 0.304 e. The molecule has 0 atom stereocenters. The molecule has 0 heterocycles. The van der Waals surface area contributed by atoms with Crippen LogP contribution < -0.4 is 5.32 Å². The molecule has 0 aliphatic heterocycles. The van der Waals surface area contributed by atoms with Gasteiger partial charge in [0, 0.05) is 12.6 Å². The number of amides is 1. The molecule has 2 N–H and O–H groups in total. The minimum atomic E-state index is -0.823. The normalized spacial score (nSPS) is 15.3. The van der Waals surface area contributed by atoms with E-state index in [9.17, 15) is 9.59 Å². The summed E-state index contributed by atoms with van der Waals surface area (Å²) in [4.78, 5) is 23.6. The maximum absolute atomic E-state index is 11.4. The standard InChI is InChI=1S/C10H18N2O3/c1-2-12(6-5-10(14)15)7-9(13)11-8-3-4-8/h8H,2-7H2,1H3,(H,11,13)(H,14,15).